The Kier molecular flexibility index (Phi) is 6.09. The fourth-order valence-corrected chi connectivity index (χ4v) is 2.87. The van der Waals surface area contributed by atoms with E-state index in [1.807, 2.05) is 6.07 Å². The second-order valence-electron chi connectivity index (χ2n) is 6.82. The van der Waals surface area contributed by atoms with Crippen LogP contribution in [0.5, 0.6) is 5.75 Å². The van der Waals surface area contributed by atoms with E-state index >= 15 is 0 Å². The third-order valence-electron chi connectivity index (χ3n) is 4.54. The molecular formula is C22H23NO5. The summed E-state index contributed by atoms with van der Waals surface area (Å²) in [6, 6.07) is 14.0. The number of amides is 1. The van der Waals surface area contributed by atoms with Crippen molar-refractivity contribution >= 4 is 17.7 Å². The van der Waals surface area contributed by atoms with E-state index < -0.39 is 12.1 Å². The number of Topliss-reactive ketones (excluding diaryl/α,β-unsaturated/α-hetero) is 1. The van der Waals surface area contributed by atoms with Crippen LogP contribution in [0.1, 0.15) is 47.4 Å². The molecule has 1 N–H and O–H groups in total. The van der Waals surface area contributed by atoms with Gasteiger partial charge in [-0.1, -0.05) is 30.3 Å². The van der Waals surface area contributed by atoms with Gasteiger partial charge in [-0.3, -0.25) is 14.4 Å². The highest BCUT2D eigenvalue weighted by Gasteiger charge is 2.31. The Balaban J connectivity index is 1.77. The van der Waals surface area contributed by atoms with Crippen LogP contribution in [-0.4, -0.2) is 30.8 Å². The number of hydrogen-bond acceptors (Lipinski definition) is 5. The third-order valence-corrected chi connectivity index (χ3v) is 4.54. The van der Waals surface area contributed by atoms with Crippen LogP contribution in [-0.2, 0) is 20.7 Å². The van der Waals surface area contributed by atoms with Crippen molar-refractivity contribution in [1.82, 2.24) is 5.32 Å². The zero-order chi connectivity index (χ0) is 20.1. The van der Waals surface area contributed by atoms with Crippen LogP contribution in [0.15, 0.2) is 48.5 Å². The molecular weight excluding hydrogens is 358 g/mol. The zero-order valence-electron chi connectivity index (χ0n) is 15.9. The predicted molar refractivity (Wildman–Crippen MR) is 103 cm³/mol. The molecule has 0 aromatic heterocycles. The van der Waals surface area contributed by atoms with E-state index in [-0.39, 0.29) is 24.2 Å². The van der Waals surface area contributed by atoms with Gasteiger partial charge in [-0.2, -0.15) is 0 Å². The maximum atomic E-state index is 12.6. The molecule has 1 saturated carbocycles. The lowest BCUT2D eigenvalue weighted by atomic mass is 10.0. The number of carbonyl (C=O) groups excluding carboxylic acids is 3. The first-order chi connectivity index (χ1) is 13.5. The molecule has 6 nitrogen and oxygen atoms in total. The lowest BCUT2D eigenvalue weighted by molar-refractivity contribution is -0.156. The summed E-state index contributed by atoms with van der Waals surface area (Å²) < 4.78 is 10.8. The lowest BCUT2D eigenvalue weighted by Gasteiger charge is -2.18. The number of methoxy groups -OCH3 is 1. The maximum absolute atomic E-state index is 12.6. The molecule has 1 aliphatic rings. The Morgan fingerprint density at radius 3 is 2.43 bits per heavy atom. The Morgan fingerprint density at radius 1 is 1.11 bits per heavy atom. The molecule has 0 saturated heterocycles. The monoisotopic (exact) mass is 381 g/mol. The van der Waals surface area contributed by atoms with Crippen LogP contribution in [0.25, 0.3) is 0 Å². The zero-order valence-corrected chi connectivity index (χ0v) is 15.9. The molecule has 0 aliphatic heterocycles. The van der Waals surface area contributed by atoms with Gasteiger partial charge >= 0.3 is 5.97 Å². The minimum atomic E-state index is -1.02. The van der Waals surface area contributed by atoms with Gasteiger partial charge in [0.25, 0.3) is 5.91 Å². The van der Waals surface area contributed by atoms with Gasteiger partial charge in [0.05, 0.1) is 13.5 Å². The molecule has 6 heteroatoms. The van der Waals surface area contributed by atoms with E-state index in [9.17, 15) is 14.4 Å². The average Bonchev–Trinajstić information content (AvgIpc) is 3.50. The number of nitrogens with one attached hydrogen (secondary N) is 1. The van der Waals surface area contributed by atoms with Crippen LogP contribution in [0.2, 0.25) is 0 Å². The molecule has 0 radical (unpaired) electrons. The predicted octanol–water partition coefficient (Wildman–Crippen LogP) is 3.00. The van der Waals surface area contributed by atoms with Gasteiger partial charge in [0.2, 0.25) is 6.10 Å². The highest BCUT2D eigenvalue weighted by molar-refractivity contribution is 5.94. The van der Waals surface area contributed by atoms with Crippen LogP contribution in [0.4, 0.5) is 0 Å². The number of benzene rings is 2. The van der Waals surface area contributed by atoms with Crippen molar-refractivity contribution in [3.8, 4) is 5.75 Å². The number of ketones is 1. The maximum Gasteiger partial charge on any atom is 0.311 e. The molecule has 3 rings (SSSR count). The smallest absolute Gasteiger partial charge is 0.311 e. The quantitative estimate of drug-likeness (QED) is 0.562. The van der Waals surface area contributed by atoms with Crippen LogP contribution >= 0.6 is 0 Å². The molecule has 1 unspecified atom stereocenters. The summed E-state index contributed by atoms with van der Waals surface area (Å²) >= 11 is 0. The van der Waals surface area contributed by atoms with Gasteiger partial charge in [-0.05, 0) is 38.0 Å². The lowest BCUT2D eigenvalue weighted by Crippen LogP contribution is -2.33. The second kappa shape index (κ2) is 8.69. The molecule has 0 spiro atoms. The van der Waals surface area contributed by atoms with Crippen LogP contribution in [0.3, 0.4) is 0 Å². The topological polar surface area (TPSA) is 81.7 Å². The Hall–Kier alpha value is -3.15. The summed E-state index contributed by atoms with van der Waals surface area (Å²) in [6.07, 6.45) is 0.757. The SMILES string of the molecule is COc1ccc(C(C)=O)cc1CC(=O)OC(C(=O)NC1CC1)c1ccccc1. The molecule has 2 aromatic rings. The van der Waals surface area contributed by atoms with Crippen LogP contribution in [0, 0.1) is 0 Å². The van der Waals surface area contributed by atoms with E-state index in [4.69, 9.17) is 9.47 Å². The summed E-state index contributed by atoms with van der Waals surface area (Å²) in [5.41, 5.74) is 1.63. The van der Waals surface area contributed by atoms with Gasteiger partial charge in [-0.15, -0.1) is 0 Å². The first-order valence-electron chi connectivity index (χ1n) is 9.20. The fraction of sp³-hybridized carbons (Fsp3) is 0.318. The molecule has 1 amide bonds. The van der Waals surface area contributed by atoms with Crippen molar-refractivity contribution < 1.29 is 23.9 Å². The van der Waals surface area contributed by atoms with Gasteiger partial charge in [0.15, 0.2) is 5.78 Å². The normalized spacial score (nSPS) is 14.1. The number of carbonyl (C=O) groups is 3. The van der Waals surface area contributed by atoms with E-state index in [0.29, 0.717) is 22.4 Å². The summed E-state index contributed by atoms with van der Waals surface area (Å²) in [5, 5.41) is 2.88. The fourth-order valence-electron chi connectivity index (χ4n) is 2.87. The van der Waals surface area contributed by atoms with Crippen molar-refractivity contribution in [3.05, 3.63) is 65.2 Å². The molecule has 2 aromatic carbocycles. The number of ether oxygens (including phenoxy) is 2. The molecule has 1 aliphatic carbocycles. The highest BCUT2D eigenvalue weighted by Crippen LogP contribution is 2.25. The van der Waals surface area contributed by atoms with Crippen molar-refractivity contribution in [2.75, 3.05) is 7.11 Å². The van der Waals surface area contributed by atoms with Gasteiger partial charge in [0, 0.05) is 22.7 Å². The standard InChI is InChI=1S/C22H23NO5/c1-14(24)16-8-11-19(27-2)17(12-16)13-20(25)28-21(15-6-4-3-5-7-15)22(26)23-18-9-10-18/h3-8,11-12,18,21H,9-10,13H2,1-2H3,(H,23,26). The van der Waals surface area contributed by atoms with Gasteiger partial charge < -0.3 is 14.8 Å². The summed E-state index contributed by atoms with van der Waals surface area (Å²) in [7, 11) is 1.49. The molecule has 28 heavy (non-hydrogen) atoms. The molecule has 0 bridgehead atoms. The van der Waals surface area contributed by atoms with Crippen molar-refractivity contribution in [2.45, 2.75) is 38.3 Å². The Bertz CT molecular complexity index is 874. The molecule has 0 heterocycles. The van der Waals surface area contributed by atoms with E-state index in [2.05, 4.69) is 5.32 Å². The summed E-state index contributed by atoms with van der Waals surface area (Å²) in [4.78, 5) is 36.8. The van der Waals surface area contributed by atoms with E-state index in [0.717, 1.165) is 12.8 Å². The average molecular weight is 381 g/mol. The summed E-state index contributed by atoms with van der Waals surface area (Å²) in [6.45, 7) is 1.46. The van der Waals surface area contributed by atoms with E-state index in [1.54, 1.807) is 42.5 Å². The molecule has 146 valence electrons. The van der Waals surface area contributed by atoms with Crippen LogP contribution < -0.4 is 10.1 Å². The van der Waals surface area contributed by atoms with Gasteiger partial charge in [0.1, 0.15) is 5.75 Å². The van der Waals surface area contributed by atoms with Crippen molar-refractivity contribution in [1.29, 1.82) is 0 Å². The minimum Gasteiger partial charge on any atom is -0.496 e. The second-order valence-corrected chi connectivity index (χ2v) is 6.82. The first-order valence-corrected chi connectivity index (χ1v) is 9.20. The Morgan fingerprint density at radius 2 is 1.82 bits per heavy atom. The van der Waals surface area contributed by atoms with E-state index in [1.165, 1.54) is 14.0 Å². The molecule has 1 fully saturated rings. The van der Waals surface area contributed by atoms with Crippen molar-refractivity contribution in [3.63, 3.8) is 0 Å². The summed E-state index contributed by atoms with van der Waals surface area (Å²) in [5.74, 6) is -0.519. The number of rotatable bonds is 8. The largest absolute Gasteiger partial charge is 0.496 e. The Labute approximate surface area is 163 Å². The number of hydrogen-bond donors (Lipinski definition) is 1. The van der Waals surface area contributed by atoms with Gasteiger partial charge in [-0.25, -0.2) is 0 Å². The third kappa shape index (κ3) is 4.97. The highest BCUT2D eigenvalue weighted by atomic mass is 16.5. The number of esters is 1. The first kappa shape index (κ1) is 19.6. The van der Waals surface area contributed by atoms with Crippen molar-refractivity contribution in [2.24, 2.45) is 0 Å². The molecule has 1 atom stereocenters. The minimum absolute atomic E-state index is 0.107.